The van der Waals surface area contributed by atoms with E-state index in [-0.39, 0.29) is 11.9 Å². The first-order valence-corrected chi connectivity index (χ1v) is 7.56. The molecular weight excluding hydrogens is 316 g/mol. The lowest BCUT2D eigenvalue weighted by molar-refractivity contribution is -0.356. The van der Waals surface area contributed by atoms with Crippen molar-refractivity contribution >= 4 is 23.3 Å². The molecule has 7 nitrogen and oxygen atoms in total. The molecule has 126 valence electrons. The lowest BCUT2D eigenvalue weighted by atomic mass is 10.1. The third-order valence-corrected chi connectivity index (χ3v) is 3.47. The smallest absolute Gasteiger partial charge is 0.343 e. The van der Waals surface area contributed by atoms with E-state index in [2.05, 4.69) is 9.98 Å². The second kappa shape index (κ2) is 6.79. The Morgan fingerprint density at radius 3 is 1.72 bits per heavy atom. The van der Waals surface area contributed by atoms with E-state index < -0.39 is 0 Å². The van der Waals surface area contributed by atoms with Crippen LogP contribution in [0.5, 0.6) is 0 Å². The van der Waals surface area contributed by atoms with Crippen molar-refractivity contribution in [2.75, 3.05) is 0 Å². The normalized spacial score (nSPS) is 10.2. The molecule has 0 aliphatic heterocycles. The van der Waals surface area contributed by atoms with Crippen molar-refractivity contribution in [2.45, 2.75) is 0 Å². The van der Waals surface area contributed by atoms with E-state index in [9.17, 15) is 0 Å². The summed E-state index contributed by atoms with van der Waals surface area (Å²) in [6, 6.07) is 18.9. The standard InChI is InChI=1S/C18H18N6O/c19-17(20)23-13-5-1-11(2-6-13)15-9-10-16(25-15)12-3-7-14(8-4-12)24-18(21)22/h1-10H,(H4,19,20,23)(H4,21,22,24)/p+1. The summed E-state index contributed by atoms with van der Waals surface area (Å²) in [6.45, 7) is 0. The number of rotatable bonds is 4. The summed E-state index contributed by atoms with van der Waals surface area (Å²) in [5.74, 6) is 1.70. The minimum absolute atomic E-state index is 0.0277. The van der Waals surface area contributed by atoms with Gasteiger partial charge in [-0.1, -0.05) is 0 Å². The van der Waals surface area contributed by atoms with Gasteiger partial charge in [0.05, 0.1) is 11.4 Å². The van der Waals surface area contributed by atoms with Gasteiger partial charge in [0.1, 0.15) is 11.5 Å². The number of hydrogen-bond acceptors (Lipinski definition) is 2. The van der Waals surface area contributed by atoms with Crippen LogP contribution in [0.15, 0.2) is 70.1 Å². The van der Waals surface area contributed by atoms with Gasteiger partial charge in [-0.2, -0.15) is 0 Å². The fourth-order valence-corrected chi connectivity index (χ4v) is 2.38. The molecule has 1 aromatic heterocycles. The highest BCUT2D eigenvalue weighted by Gasteiger charge is 2.07. The highest BCUT2D eigenvalue weighted by molar-refractivity contribution is 5.79. The van der Waals surface area contributed by atoms with Gasteiger partial charge in [-0.25, -0.2) is 9.98 Å². The summed E-state index contributed by atoms with van der Waals surface area (Å²) in [6.07, 6.45) is 0. The Bertz CT molecular complexity index is 839. The Kier molecular flexibility index (Phi) is 4.38. The quantitative estimate of drug-likeness (QED) is 0.348. The number of guanidine groups is 2. The van der Waals surface area contributed by atoms with Crippen molar-refractivity contribution in [2.24, 2.45) is 27.9 Å². The van der Waals surface area contributed by atoms with Gasteiger partial charge in [-0.05, 0) is 60.7 Å². The van der Waals surface area contributed by atoms with E-state index in [0.717, 1.165) is 28.3 Å². The summed E-state index contributed by atoms with van der Waals surface area (Å²) in [5.41, 5.74) is 25.0. The highest BCUT2D eigenvalue weighted by atomic mass is 16.3. The molecule has 0 amide bonds. The van der Waals surface area contributed by atoms with Crippen molar-refractivity contribution in [1.29, 1.82) is 0 Å². The van der Waals surface area contributed by atoms with Gasteiger partial charge in [0.15, 0.2) is 5.96 Å². The average Bonchev–Trinajstić information content (AvgIpc) is 3.05. The third-order valence-electron chi connectivity index (χ3n) is 3.47. The van der Waals surface area contributed by atoms with Gasteiger partial charge in [-0.3, -0.25) is 11.5 Å². The average molecular weight is 335 g/mol. The number of furan rings is 1. The molecule has 0 atom stereocenters. The molecule has 3 aromatic rings. The zero-order chi connectivity index (χ0) is 17.8. The van der Waals surface area contributed by atoms with E-state index >= 15 is 0 Å². The topological polar surface area (TPSA) is 144 Å². The van der Waals surface area contributed by atoms with E-state index in [1.807, 2.05) is 60.7 Å². The van der Waals surface area contributed by atoms with E-state index in [4.69, 9.17) is 27.4 Å². The number of nitrogens with zero attached hydrogens (tertiary/aromatic N) is 1. The van der Waals surface area contributed by atoms with Gasteiger partial charge in [-0.15, -0.1) is 0 Å². The van der Waals surface area contributed by atoms with Gasteiger partial charge in [0, 0.05) is 11.1 Å². The molecule has 0 unspecified atom stereocenters. The third kappa shape index (κ3) is 3.97. The lowest BCUT2D eigenvalue weighted by Crippen LogP contribution is -2.72. The zero-order valence-corrected chi connectivity index (χ0v) is 13.4. The first-order chi connectivity index (χ1) is 12.0. The van der Waals surface area contributed by atoms with Gasteiger partial charge >= 0.3 is 5.96 Å². The Balaban J connectivity index is 1.82. The summed E-state index contributed by atoms with van der Waals surface area (Å²) in [7, 11) is 0. The van der Waals surface area contributed by atoms with Gasteiger partial charge in [0.25, 0.3) is 0 Å². The van der Waals surface area contributed by atoms with E-state index in [1.54, 1.807) is 0 Å². The van der Waals surface area contributed by atoms with Crippen LogP contribution >= 0.6 is 0 Å². The minimum Gasteiger partial charge on any atom is -0.456 e. The molecule has 0 saturated heterocycles. The van der Waals surface area contributed by atoms with Crippen molar-refractivity contribution in [3.63, 3.8) is 0 Å². The van der Waals surface area contributed by atoms with Crippen LogP contribution in [0.3, 0.4) is 0 Å². The van der Waals surface area contributed by atoms with Crippen molar-refractivity contribution in [1.82, 2.24) is 0 Å². The number of nitrogens with two attached hydrogens (primary N) is 4. The van der Waals surface area contributed by atoms with Crippen molar-refractivity contribution < 1.29 is 9.41 Å². The number of aliphatic imine (C=N–C) groups is 1. The van der Waals surface area contributed by atoms with Crippen molar-refractivity contribution in [3.05, 3.63) is 60.7 Å². The Labute approximate surface area is 144 Å². The summed E-state index contributed by atoms with van der Waals surface area (Å²) < 4.78 is 5.94. The highest BCUT2D eigenvalue weighted by Crippen LogP contribution is 2.29. The molecule has 0 spiro atoms. The molecule has 7 heteroatoms. The molecule has 2 aromatic carbocycles. The monoisotopic (exact) mass is 335 g/mol. The molecule has 0 aliphatic carbocycles. The second-order valence-corrected chi connectivity index (χ2v) is 5.41. The van der Waals surface area contributed by atoms with Gasteiger partial charge in [0.2, 0.25) is 0 Å². The number of hydrogen-bond donors (Lipinski definition) is 5. The predicted molar refractivity (Wildman–Crippen MR) is 99.1 cm³/mol. The molecule has 0 saturated carbocycles. The first kappa shape index (κ1) is 16.1. The first-order valence-electron chi connectivity index (χ1n) is 7.56. The number of nitrogens with one attached hydrogen (secondary N) is 1. The fourth-order valence-electron chi connectivity index (χ4n) is 2.38. The second-order valence-electron chi connectivity index (χ2n) is 5.41. The Morgan fingerprint density at radius 2 is 1.24 bits per heavy atom. The van der Waals surface area contributed by atoms with Crippen LogP contribution in [-0.4, -0.2) is 11.9 Å². The van der Waals surface area contributed by atoms with Crippen LogP contribution in [0, 0.1) is 0 Å². The van der Waals surface area contributed by atoms with Crippen LogP contribution < -0.4 is 27.9 Å². The fraction of sp³-hybridized carbons (Fsp3) is 0. The molecule has 0 radical (unpaired) electrons. The molecule has 1 heterocycles. The van der Waals surface area contributed by atoms with Crippen LogP contribution in [-0.2, 0) is 0 Å². The number of benzene rings is 2. The summed E-state index contributed by atoms with van der Waals surface area (Å²) >= 11 is 0. The maximum atomic E-state index is 5.94. The molecule has 9 N–H and O–H groups in total. The zero-order valence-electron chi connectivity index (χ0n) is 13.4. The molecule has 25 heavy (non-hydrogen) atoms. The summed E-state index contributed by atoms with van der Waals surface area (Å²) in [4.78, 5) is 6.84. The Hall–Kier alpha value is -3.74. The molecule has 0 aliphatic rings. The summed E-state index contributed by atoms with van der Waals surface area (Å²) in [5, 5.41) is 0. The SMILES string of the molecule is NC(N)=Nc1ccc(-c2ccc(-c3ccc([NH+]=C(N)N)cc3)o2)cc1. The predicted octanol–water partition coefficient (Wildman–Crippen LogP) is 0.504. The lowest BCUT2D eigenvalue weighted by Gasteiger charge is -2.00. The molecular formula is C18H19N6O+. The molecule has 0 fully saturated rings. The van der Waals surface area contributed by atoms with Crippen LogP contribution in [0.25, 0.3) is 22.6 Å². The minimum atomic E-state index is 0.0277. The van der Waals surface area contributed by atoms with Crippen LogP contribution in [0.1, 0.15) is 0 Å². The largest absolute Gasteiger partial charge is 0.456 e. The maximum Gasteiger partial charge on any atom is 0.343 e. The molecule has 0 bridgehead atoms. The van der Waals surface area contributed by atoms with Crippen molar-refractivity contribution in [3.8, 4) is 22.6 Å². The maximum absolute atomic E-state index is 5.94. The van der Waals surface area contributed by atoms with Crippen LogP contribution in [0.2, 0.25) is 0 Å². The Morgan fingerprint density at radius 1 is 0.720 bits per heavy atom. The van der Waals surface area contributed by atoms with Gasteiger partial charge < -0.3 is 15.9 Å². The molecule has 3 rings (SSSR count). The van der Waals surface area contributed by atoms with E-state index in [0.29, 0.717) is 5.69 Å². The van der Waals surface area contributed by atoms with E-state index in [1.165, 1.54) is 0 Å². The van der Waals surface area contributed by atoms with Crippen LogP contribution in [0.4, 0.5) is 11.4 Å².